The van der Waals surface area contributed by atoms with Crippen molar-refractivity contribution in [1.82, 2.24) is 0 Å². The predicted octanol–water partition coefficient (Wildman–Crippen LogP) is 6.56. The van der Waals surface area contributed by atoms with E-state index in [4.69, 9.17) is 27.9 Å². The van der Waals surface area contributed by atoms with Gasteiger partial charge in [-0.3, -0.25) is 0 Å². The summed E-state index contributed by atoms with van der Waals surface area (Å²) in [5.74, 6) is -0.451. The SMILES string of the molecule is C=C(C)C(=O)OC(CCCCCCCC)C(Cl)(Cl)c1ccccc1. The fourth-order valence-electron chi connectivity index (χ4n) is 2.50. The molecular weight excluding hydrogens is 343 g/mol. The first-order valence-electron chi connectivity index (χ1n) is 8.69. The summed E-state index contributed by atoms with van der Waals surface area (Å²) in [6.07, 6.45) is 6.93. The summed E-state index contributed by atoms with van der Waals surface area (Å²) in [6, 6.07) is 9.34. The molecule has 0 saturated heterocycles. The van der Waals surface area contributed by atoms with Gasteiger partial charge in [0.2, 0.25) is 0 Å². The molecule has 1 aromatic rings. The monoisotopic (exact) mass is 370 g/mol. The van der Waals surface area contributed by atoms with Crippen LogP contribution in [-0.2, 0) is 13.9 Å². The zero-order valence-corrected chi connectivity index (χ0v) is 16.2. The average molecular weight is 371 g/mol. The van der Waals surface area contributed by atoms with E-state index in [1.54, 1.807) is 6.92 Å². The van der Waals surface area contributed by atoms with Crippen LogP contribution < -0.4 is 0 Å². The minimum atomic E-state index is -1.27. The van der Waals surface area contributed by atoms with Gasteiger partial charge in [-0.2, -0.15) is 0 Å². The number of hydrogen-bond acceptors (Lipinski definition) is 2. The molecule has 1 unspecified atom stereocenters. The molecule has 24 heavy (non-hydrogen) atoms. The summed E-state index contributed by atoms with van der Waals surface area (Å²) < 4.78 is 4.29. The van der Waals surface area contributed by atoms with Gasteiger partial charge in [-0.05, 0) is 25.3 Å². The van der Waals surface area contributed by atoms with Crippen molar-refractivity contribution < 1.29 is 9.53 Å². The van der Waals surface area contributed by atoms with Gasteiger partial charge in [0.1, 0.15) is 6.10 Å². The number of alkyl halides is 2. The second-order valence-electron chi connectivity index (χ2n) is 6.22. The fraction of sp³-hybridized carbons (Fsp3) is 0.550. The number of carbonyl (C=O) groups excluding carboxylic acids is 1. The van der Waals surface area contributed by atoms with E-state index in [0.717, 1.165) is 18.4 Å². The van der Waals surface area contributed by atoms with E-state index in [2.05, 4.69) is 13.5 Å². The number of esters is 1. The van der Waals surface area contributed by atoms with E-state index in [0.29, 0.717) is 12.0 Å². The lowest BCUT2D eigenvalue weighted by molar-refractivity contribution is -0.145. The first-order chi connectivity index (χ1) is 11.4. The molecule has 0 amide bonds. The van der Waals surface area contributed by atoms with E-state index >= 15 is 0 Å². The Kier molecular flexibility index (Phi) is 9.46. The molecule has 0 aliphatic rings. The molecule has 4 heteroatoms. The first kappa shape index (κ1) is 21.1. The molecule has 0 fully saturated rings. The highest BCUT2D eigenvalue weighted by atomic mass is 35.5. The summed E-state index contributed by atoms with van der Waals surface area (Å²) in [4.78, 5) is 12.0. The van der Waals surface area contributed by atoms with Crippen LogP contribution in [0.3, 0.4) is 0 Å². The molecule has 0 aromatic heterocycles. The van der Waals surface area contributed by atoms with E-state index in [9.17, 15) is 4.79 Å². The normalized spacial score (nSPS) is 12.7. The minimum absolute atomic E-state index is 0.347. The maximum absolute atomic E-state index is 12.0. The predicted molar refractivity (Wildman–Crippen MR) is 103 cm³/mol. The minimum Gasteiger partial charge on any atom is -0.455 e. The lowest BCUT2D eigenvalue weighted by Crippen LogP contribution is -2.34. The average Bonchev–Trinajstić information content (AvgIpc) is 2.57. The summed E-state index contributed by atoms with van der Waals surface area (Å²) >= 11 is 13.2. The van der Waals surface area contributed by atoms with Gasteiger partial charge >= 0.3 is 5.97 Å². The summed E-state index contributed by atoms with van der Waals surface area (Å²) in [5.41, 5.74) is 1.08. The second-order valence-corrected chi connectivity index (χ2v) is 7.61. The Morgan fingerprint density at radius 1 is 1.12 bits per heavy atom. The lowest BCUT2D eigenvalue weighted by atomic mass is 10.0. The molecule has 1 atom stereocenters. The molecule has 0 spiro atoms. The number of halogens is 2. The maximum atomic E-state index is 12.0. The van der Waals surface area contributed by atoms with Crippen molar-refractivity contribution in [3.8, 4) is 0 Å². The molecule has 0 N–H and O–H groups in total. The molecule has 2 nitrogen and oxygen atoms in total. The number of benzene rings is 1. The van der Waals surface area contributed by atoms with Crippen LogP contribution in [0.15, 0.2) is 42.5 Å². The van der Waals surface area contributed by atoms with E-state index in [-0.39, 0.29) is 0 Å². The number of rotatable bonds is 11. The molecular formula is C20H28Cl2O2. The van der Waals surface area contributed by atoms with E-state index < -0.39 is 16.4 Å². The van der Waals surface area contributed by atoms with Gasteiger partial charge in [0.25, 0.3) is 0 Å². The highest BCUT2D eigenvalue weighted by Gasteiger charge is 2.39. The fourth-order valence-corrected chi connectivity index (χ4v) is 3.06. The Hall–Kier alpha value is -0.990. The Balaban J connectivity index is 2.73. The van der Waals surface area contributed by atoms with Crippen molar-refractivity contribution in [2.75, 3.05) is 0 Å². The van der Waals surface area contributed by atoms with Crippen LogP contribution in [0.25, 0.3) is 0 Å². The summed E-state index contributed by atoms with van der Waals surface area (Å²) in [7, 11) is 0. The zero-order chi connectivity index (χ0) is 18.0. The van der Waals surface area contributed by atoms with Gasteiger partial charge in [0.05, 0.1) is 0 Å². The van der Waals surface area contributed by atoms with Gasteiger partial charge < -0.3 is 4.74 Å². The molecule has 0 aliphatic heterocycles. The second kappa shape index (κ2) is 10.8. The third-order valence-corrected chi connectivity index (χ3v) is 4.90. The Morgan fingerprint density at radius 2 is 1.71 bits per heavy atom. The Bertz CT molecular complexity index is 512. The van der Waals surface area contributed by atoms with Crippen LogP contribution in [0.1, 0.15) is 64.4 Å². The molecule has 1 rings (SSSR count). The van der Waals surface area contributed by atoms with Crippen molar-refractivity contribution in [1.29, 1.82) is 0 Å². The smallest absolute Gasteiger partial charge is 0.333 e. The third kappa shape index (κ3) is 6.86. The van der Waals surface area contributed by atoms with Crippen LogP contribution in [0.5, 0.6) is 0 Å². The van der Waals surface area contributed by atoms with Crippen molar-refractivity contribution in [2.45, 2.75) is 69.2 Å². The molecule has 1 aromatic carbocycles. The maximum Gasteiger partial charge on any atom is 0.333 e. The standard InChI is InChI=1S/C20H28Cl2O2/c1-4-5-6-7-8-12-15-18(24-19(23)16(2)3)20(21,22)17-13-10-9-11-14-17/h9-11,13-14,18H,2,4-8,12,15H2,1,3H3. The molecule has 0 bridgehead atoms. The highest BCUT2D eigenvalue weighted by molar-refractivity contribution is 6.48. The summed E-state index contributed by atoms with van der Waals surface area (Å²) in [5, 5.41) is 0. The molecule has 0 radical (unpaired) electrons. The van der Waals surface area contributed by atoms with Crippen LogP contribution in [0.4, 0.5) is 0 Å². The quantitative estimate of drug-likeness (QED) is 0.191. The van der Waals surface area contributed by atoms with Crippen LogP contribution in [-0.4, -0.2) is 12.1 Å². The topological polar surface area (TPSA) is 26.3 Å². The Labute approximate surface area is 156 Å². The molecule has 0 aliphatic carbocycles. The molecule has 134 valence electrons. The Morgan fingerprint density at radius 3 is 2.29 bits per heavy atom. The number of hydrogen-bond donors (Lipinski definition) is 0. The third-order valence-electron chi connectivity index (χ3n) is 3.98. The van der Waals surface area contributed by atoms with Crippen molar-refractivity contribution in [3.05, 3.63) is 48.0 Å². The van der Waals surface area contributed by atoms with Gasteiger partial charge in [0, 0.05) is 5.57 Å². The van der Waals surface area contributed by atoms with Crippen LogP contribution in [0, 0.1) is 0 Å². The van der Waals surface area contributed by atoms with E-state index in [1.807, 2.05) is 30.3 Å². The van der Waals surface area contributed by atoms with Crippen LogP contribution in [0.2, 0.25) is 0 Å². The molecule has 0 saturated carbocycles. The lowest BCUT2D eigenvalue weighted by Gasteiger charge is -2.30. The number of unbranched alkanes of at least 4 members (excludes halogenated alkanes) is 5. The molecule has 0 heterocycles. The number of carbonyl (C=O) groups is 1. The van der Waals surface area contributed by atoms with Gasteiger partial charge in [-0.15, -0.1) is 0 Å². The first-order valence-corrected chi connectivity index (χ1v) is 9.45. The van der Waals surface area contributed by atoms with Crippen molar-refractivity contribution in [2.24, 2.45) is 0 Å². The summed E-state index contributed by atoms with van der Waals surface area (Å²) in [6.45, 7) is 7.45. The van der Waals surface area contributed by atoms with Crippen LogP contribution >= 0.6 is 23.2 Å². The largest absolute Gasteiger partial charge is 0.455 e. The van der Waals surface area contributed by atoms with E-state index in [1.165, 1.54) is 25.7 Å². The van der Waals surface area contributed by atoms with Gasteiger partial charge in [-0.25, -0.2) is 4.79 Å². The van der Waals surface area contributed by atoms with Gasteiger partial charge in [0.15, 0.2) is 4.33 Å². The van der Waals surface area contributed by atoms with Crippen molar-refractivity contribution in [3.63, 3.8) is 0 Å². The highest BCUT2D eigenvalue weighted by Crippen LogP contribution is 2.41. The zero-order valence-electron chi connectivity index (χ0n) is 14.7. The number of ether oxygens (including phenoxy) is 1. The van der Waals surface area contributed by atoms with Crippen molar-refractivity contribution >= 4 is 29.2 Å². The van der Waals surface area contributed by atoms with Gasteiger partial charge in [-0.1, -0.05) is 99.1 Å².